The molecule has 4 nitrogen and oxygen atoms in total. The molecule has 0 aliphatic heterocycles. The highest BCUT2D eigenvalue weighted by Gasteiger charge is 2.08. The molecule has 1 aromatic rings. The van der Waals surface area contributed by atoms with Gasteiger partial charge in [-0.05, 0) is 6.42 Å². The van der Waals surface area contributed by atoms with E-state index in [0.717, 1.165) is 24.1 Å². The lowest BCUT2D eigenvalue weighted by Crippen LogP contribution is -2.17. The van der Waals surface area contributed by atoms with Crippen LogP contribution in [0.2, 0.25) is 0 Å². The summed E-state index contributed by atoms with van der Waals surface area (Å²) in [5, 5.41) is 2.99. The van der Waals surface area contributed by atoms with Gasteiger partial charge in [0, 0.05) is 19.3 Å². The number of aromatic nitrogens is 2. The lowest BCUT2D eigenvalue weighted by atomic mass is 10.2. The van der Waals surface area contributed by atoms with E-state index in [4.69, 9.17) is 5.73 Å². The number of nitrogens with one attached hydrogen (secondary N) is 1. The Morgan fingerprint density at radius 2 is 2.25 bits per heavy atom. The Balaban J connectivity index is 3.11. The van der Waals surface area contributed by atoms with E-state index in [1.165, 1.54) is 4.68 Å². The number of hydrogen-bond acceptors (Lipinski definition) is 2. The van der Waals surface area contributed by atoms with E-state index in [1.807, 2.05) is 0 Å². The van der Waals surface area contributed by atoms with Crippen LogP contribution in [-0.4, -0.2) is 9.78 Å². The fraction of sp³-hybridized carbons (Fsp3) is 0.625. The van der Waals surface area contributed by atoms with Crippen LogP contribution in [0.25, 0.3) is 0 Å². The summed E-state index contributed by atoms with van der Waals surface area (Å²) in [6.45, 7) is 2.40. The number of nitrogens with two attached hydrogens (primary N) is 1. The van der Waals surface area contributed by atoms with E-state index in [0.29, 0.717) is 6.54 Å². The second kappa shape index (κ2) is 3.58. The maximum atomic E-state index is 11.3. The molecule has 1 heterocycles. The molecule has 0 amide bonds. The van der Waals surface area contributed by atoms with Crippen LogP contribution in [0.4, 0.5) is 0 Å². The lowest BCUT2D eigenvalue weighted by molar-refractivity contribution is 0.713. The van der Waals surface area contributed by atoms with Gasteiger partial charge in [0.2, 0.25) is 0 Å². The molecule has 0 spiro atoms. The molecule has 0 bridgehead atoms. The minimum Gasteiger partial charge on any atom is -0.326 e. The minimum atomic E-state index is 0.000880. The Kier molecular flexibility index (Phi) is 2.70. The molecule has 0 atom stereocenters. The summed E-state index contributed by atoms with van der Waals surface area (Å²) >= 11 is 0. The third-order valence-corrected chi connectivity index (χ3v) is 1.93. The van der Waals surface area contributed by atoms with E-state index >= 15 is 0 Å². The highest BCUT2D eigenvalue weighted by atomic mass is 16.1. The number of nitrogens with zero attached hydrogens (tertiary/aromatic N) is 1. The van der Waals surface area contributed by atoms with Gasteiger partial charge in [-0.1, -0.05) is 13.3 Å². The molecule has 0 radical (unpaired) electrons. The van der Waals surface area contributed by atoms with Crippen LogP contribution in [0, 0.1) is 0 Å². The molecule has 0 saturated heterocycles. The van der Waals surface area contributed by atoms with Gasteiger partial charge in [0.05, 0.1) is 5.56 Å². The largest absolute Gasteiger partial charge is 0.326 e. The topological polar surface area (TPSA) is 63.8 Å². The van der Waals surface area contributed by atoms with Crippen LogP contribution in [0.15, 0.2) is 4.79 Å². The molecular weight excluding hydrogens is 154 g/mol. The average molecular weight is 169 g/mol. The summed E-state index contributed by atoms with van der Waals surface area (Å²) in [4.78, 5) is 11.3. The van der Waals surface area contributed by atoms with Crippen LogP contribution in [0.5, 0.6) is 0 Å². The van der Waals surface area contributed by atoms with Gasteiger partial charge in [0.25, 0.3) is 5.56 Å². The van der Waals surface area contributed by atoms with Crippen molar-refractivity contribution in [3.8, 4) is 0 Å². The van der Waals surface area contributed by atoms with Crippen molar-refractivity contribution < 1.29 is 0 Å². The van der Waals surface area contributed by atoms with Crippen molar-refractivity contribution in [3.63, 3.8) is 0 Å². The highest BCUT2D eigenvalue weighted by molar-refractivity contribution is 5.16. The van der Waals surface area contributed by atoms with E-state index in [9.17, 15) is 4.79 Å². The van der Waals surface area contributed by atoms with E-state index < -0.39 is 0 Å². The molecule has 1 rings (SSSR count). The van der Waals surface area contributed by atoms with Crippen molar-refractivity contribution >= 4 is 0 Å². The van der Waals surface area contributed by atoms with Gasteiger partial charge in [-0.2, -0.15) is 0 Å². The number of aryl methyl sites for hydroxylation is 2. The van der Waals surface area contributed by atoms with Gasteiger partial charge in [0.15, 0.2) is 0 Å². The van der Waals surface area contributed by atoms with Gasteiger partial charge in [0.1, 0.15) is 0 Å². The molecule has 0 aromatic carbocycles. The Labute approximate surface area is 71.4 Å². The van der Waals surface area contributed by atoms with Crippen molar-refractivity contribution in [2.75, 3.05) is 0 Å². The van der Waals surface area contributed by atoms with Gasteiger partial charge >= 0.3 is 0 Å². The zero-order valence-electron chi connectivity index (χ0n) is 7.55. The van der Waals surface area contributed by atoms with E-state index in [1.54, 1.807) is 7.05 Å². The van der Waals surface area contributed by atoms with Gasteiger partial charge in [-0.15, -0.1) is 0 Å². The van der Waals surface area contributed by atoms with Gasteiger partial charge in [-0.3, -0.25) is 14.6 Å². The molecule has 68 valence electrons. The number of rotatable bonds is 3. The van der Waals surface area contributed by atoms with Crippen molar-refractivity contribution in [3.05, 3.63) is 21.6 Å². The SMILES string of the molecule is CCCc1[nH]n(C)c(=O)c1CN. The normalized spacial score (nSPS) is 10.6. The predicted octanol–water partition coefficient (Wildman–Crippen LogP) is 0.125. The zero-order valence-corrected chi connectivity index (χ0v) is 7.55. The van der Waals surface area contributed by atoms with E-state index in [-0.39, 0.29) is 5.56 Å². The highest BCUT2D eigenvalue weighted by Crippen LogP contribution is 2.02. The van der Waals surface area contributed by atoms with Crippen molar-refractivity contribution in [1.29, 1.82) is 0 Å². The first-order valence-corrected chi connectivity index (χ1v) is 4.17. The Morgan fingerprint density at radius 3 is 2.75 bits per heavy atom. The fourth-order valence-electron chi connectivity index (χ4n) is 1.32. The third kappa shape index (κ3) is 1.43. The van der Waals surface area contributed by atoms with Crippen molar-refractivity contribution in [2.24, 2.45) is 12.8 Å². The molecule has 0 fully saturated rings. The van der Waals surface area contributed by atoms with Crippen LogP contribution >= 0.6 is 0 Å². The smallest absolute Gasteiger partial charge is 0.270 e. The summed E-state index contributed by atoms with van der Waals surface area (Å²) in [6, 6.07) is 0. The average Bonchev–Trinajstić information content (AvgIpc) is 2.29. The first-order chi connectivity index (χ1) is 5.70. The molecule has 0 aliphatic carbocycles. The molecule has 3 N–H and O–H groups in total. The fourth-order valence-corrected chi connectivity index (χ4v) is 1.32. The Bertz CT molecular complexity index is 311. The minimum absolute atomic E-state index is 0.000880. The van der Waals surface area contributed by atoms with Crippen molar-refractivity contribution in [2.45, 2.75) is 26.3 Å². The monoisotopic (exact) mass is 169 g/mol. The maximum Gasteiger partial charge on any atom is 0.270 e. The summed E-state index contributed by atoms with van der Waals surface area (Å²) in [7, 11) is 1.71. The number of hydrogen-bond donors (Lipinski definition) is 2. The summed E-state index contributed by atoms with van der Waals surface area (Å²) in [6.07, 6.45) is 1.91. The second-order valence-electron chi connectivity index (χ2n) is 2.89. The van der Waals surface area contributed by atoms with Crippen molar-refractivity contribution in [1.82, 2.24) is 9.78 Å². The Hall–Kier alpha value is -1.03. The molecule has 4 heteroatoms. The summed E-state index contributed by atoms with van der Waals surface area (Å²) < 4.78 is 1.48. The first-order valence-electron chi connectivity index (χ1n) is 4.17. The molecule has 0 aliphatic rings. The Morgan fingerprint density at radius 1 is 1.58 bits per heavy atom. The quantitative estimate of drug-likeness (QED) is 0.675. The van der Waals surface area contributed by atoms with Crippen LogP contribution in [0.3, 0.4) is 0 Å². The van der Waals surface area contributed by atoms with Gasteiger partial charge in [-0.25, -0.2) is 0 Å². The maximum absolute atomic E-state index is 11.3. The number of aromatic amines is 1. The molecule has 0 unspecified atom stereocenters. The van der Waals surface area contributed by atoms with Crippen LogP contribution in [0.1, 0.15) is 24.6 Å². The predicted molar refractivity (Wildman–Crippen MR) is 47.9 cm³/mol. The molecule has 0 saturated carbocycles. The standard InChI is InChI=1S/C8H15N3O/c1-3-4-7-6(5-9)8(12)11(2)10-7/h10H,3-5,9H2,1-2H3. The zero-order chi connectivity index (χ0) is 9.14. The molecule has 1 aromatic heterocycles. The first kappa shape index (κ1) is 9.06. The number of H-pyrrole nitrogens is 1. The van der Waals surface area contributed by atoms with Gasteiger partial charge < -0.3 is 5.73 Å². The second-order valence-corrected chi connectivity index (χ2v) is 2.89. The summed E-state index contributed by atoms with van der Waals surface area (Å²) in [5.74, 6) is 0. The summed E-state index contributed by atoms with van der Waals surface area (Å²) in [5.41, 5.74) is 7.16. The lowest BCUT2D eigenvalue weighted by Gasteiger charge is -1.95. The van der Waals surface area contributed by atoms with E-state index in [2.05, 4.69) is 12.0 Å². The van der Waals surface area contributed by atoms with Crippen LogP contribution in [-0.2, 0) is 20.0 Å². The molecule has 12 heavy (non-hydrogen) atoms. The third-order valence-electron chi connectivity index (χ3n) is 1.93. The van der Waals surface area contributed by atoms with Crippen LogP contribution < -0.4 is 11.3 Å². The molecular formula is C8H15N3O.